The Balaban J connectivity index is 1.30. The van der Waals surface area contributed by atoms with E-state index in [4.69, 9.17) is 0 Å². The Labute approximate surface area is 287 Å². The van der Waals surface area contributed by atoms with Gasteiger partial charge in [0, 0.05) is 21.9 Å². The maximum absolute atomic E-state index is 2.48. The summed E-state index contributed by atoms with van der Waals surface area (Å²) >= 11 is 0. The third kappa shape index (κ3) is 3.76. The van der Waals surface area contributed by atoms with Gasteiger partial charge in [-0.1, -0.05) is 166 Å². The highest BCUT2D eigenvalue weighted by molar-refractivity contribution is 6.05. The van der Waals surface area contributed by atoms with Crippen LogP contribution in [0.15, 0.2) is 176 Å². The summed E-state index contributed by atoms with van der Waals surface area (Å²) in [6.45, 7) is 4.77. The molecule has 0 saturated heterocycles. The topological polar surface area (TPSA) is 3.24 Å². The minimum Gasteiger partial charge on any atom is -0.309 e. The summed E-state index contributed by atoms with van der Waals surface area (Å²) in [4.78, 5) is 2.48. The number of anilines is 3. The standard InChI is InChI=1S/C48H35N/c1-47(2)41-23-9-11-25-43(41)48(44-26-12-10-24-42(44)47)39-22-8-7-21-37(39)38-31-34(29-30-40(38)48)49(45-27-13-17-32-15-3-5-19-35(32)45)46-28-14-18-33-16-4-6-20-36(33)46/h3-31H,1-2H3. The third-order valence-corrected chi connectivity index (χ3v) is 11.3. The molecule has 0 heterocycles. The number of rotatable bonds is 3. The molecular weight excluding hydrogens is 591 g/mol. The van der Waals surface area contributed by atoms with E-state index >= 15 is 0 Å². The lowest BCUT2D eigenvalue weighted by atomic mass is 9.55. The van der Waals surface area contributed by atoms with Gasteiger partial charge in [-0.2, -0.15) is 0 Å². The highest BCUT2D eigenvalue weighted by Crippen LogP contribution is 2.62. The van der Waals surface area contributed by atoms with Crippen molar-refractivity contribution in [3.8, 4) is 11.1 Å². The van der Waals surface area contributed by atoms with E-state index < -0.39 is 5.41 Å². The molecule has 0 aliphatic heterocycles. The summed E-state index contributed by atoms with van der Waals surface area (Å²) in [5.41, 5.74) is 13.8. The van der Waals surface area contributed by atoms with E-state index in [1.54, 1.807) is 0 Å². The van der Waals surface area contributed by atoms with Crippen molar-refractivity contribution in [3.63, 3.8) is 0 Å². The van der Waals surface area contributed by atoms with Gasteiger partial charge in [-0.25, -0.2) is 0 Å². The van der Waals surface area contributed by atoms with E-state index in [1.165, 1.54) is 77.4 Å². The second-order valence-electron chi connectivity index (χ2n) is 14.1. The molecule has 49 heavy (non-hydrogen) atoms. The van der Waals surface area contributed by atoms with Crippen LogP contribution in [0, 0.1) is 0 Å². The van der Waals surface area contributed by atoms with Crippen LogP contribution in [-0.2, 0) is 10.8 Å². The summed E-state index contributed by atoms with van der Waals surface area (Å²) in [7, 11) is 0. The van der Waals surface area contributed by atoms with Crippen molar-refractivity contribution in [2.24, 2.45) is 0 Å². The minimum atomic E-state index is -0.406. The van der Waals surface area contributed by atoms with Crippen molar-refractivity contribution in [2.75, 3.05) is 4.90 Å². The molecule has 10 rings (SSSR count). The maximum atomic E-state index is 2.48. The Morgan fingerprint density at radius 2 is 0.816 bits per heavy atom. The first-order valence-electron chi connectivity index (χ1n) is 17.3. The van der Waals surface area contributed by atoms with Crippen LogP contribution in [0.1, 0.15) is 47.2 Å². The summed E-state index contributed by atoms with van der Waals surface area (Å²) in [6.07, 6.45) is 0. The van der Waals surface area contributed by atoms with Gasteiger partial charge in [-0.15, -0.1) is 0 Å². The molecule has 0 atom stereocenters. The molecule has 8 aromatic carbocycles. The predicted molar refractivity (Wildman–Crippen MR) is 206 cm³/mol. The number of hydrogen-bond donors (Lipinski definition) is 0. The molecular formula is C48H35N. The van der Waals surface area contributed by atoms with Gasteiger partial charge in [0.1, 0.15) is 0 Å². The molecule has 0 saturated carbocycles. The number of fused-ring (bicyclic) bond motifs is 11. The van der Waals surface area contributed by atoms with Crippen molar-refractivity contribution < 1.29 is 0 Å². The minimum absolute atomic E-state index is 0.115. The zero-order valence-electron chi connectivity index (χ0n) is 27.7. The molecule has 2 aliphatic rings. The molecule has 0 amide bonds. The molecule has 1 spiro atoms. The molecule has 232 valence electrons. The lowest BCUT2D eigenvalue weighted by Crippen LogP contribution is -2.40. The third-order valence-electron chi connectivity index (χ3n) is 11.3. The second-order valence-corrected chi connectivity index (χ2v) is 14.1. The van der Waals surface area contributed by atoms with E-state index in [0.29, 0.717) is 0 Å². The van der Waals surface area contributed by atoms with Gasteiger partial charge in [0.25, 0.3) is 0 Å². The van der Waals surface area contributed by atoms with Gasteiger partial charge in [0.2, 0.25) is 0 Å². The molecule has 0 N–H and O–H groups in total. The molecule has 0 bridgehead atoms. The first-order chi connectivity index (χ1) is 24.1. The molecule has 0 fully saturated rings. The monoisotopic (exact) mass is 625 g/mol. The Hall–Kier alpha value is -5.92. The van der Waals surface area contributed by atoms with Crippen molar-refractivity contribution in [2.45, 2.75) is 24.7 Å². The van der Waals surface area contributed by atoms with Gasteiger partial charge in [-0.3, -0.25) is 0 Å². The van der Waals surface area contributed by atoms with Crippen LogP contribution in [0.4, 0.5) is 17.1 Å². The average Bonchev–Trinajstić information content (AvgIpc) is 3.45. The fourth-order valence-electron chi connectivity index (χ4n) is 9.21. The largest absolute Gasteiger partial charge is 0.309 e. The number of benzene rings is 8. The lowest BCUT2D eigenvalue weighted by molar-refractivity contribution is 0.563. The number of nitrogens with zero attached hydrogens (tertiary/aromatic N) is 1. The van der Waals surface area contributed by atoms with E-state index in [1.807, 2.05) is 0 Å². The fraction of sp³-hybridized carbons (Fsp3) is 0.0833. The summed E-state index contributed by atoms with van der Waals surface area (Å²) < 4.78 is 0. The molecule has 1 heteroatoms. The molecule has 0 aromatic heterocycles. The van der Waals surface area contributed by atoms with Gasteiger partial charge in [0.15, 0.2) is 0 Å². The molecule has 8 aromatic rings. The van der Waals surface area contributed by atoms with Crippen molar-refractivity contribution in [1.29, 1.82) is 0 Å². The van der Waals surface area contributed by atoms with Crippen LogP contribution in [-0.4, -0.2) is 0 Å². The predicted octanol–water partition coefficient (Wildman–Crippen LogP) is 12.5. The SMILES string of the molecule is CC1(C)c2ccccc2C2(c3ccccc3-c3cc(N(c4cccc5ccccc45)c4cccc5ccccc45)ccc32)c2ccccc21. The maximum Gasteiger partial charge on any atom is 0.0719 e. The quantitative estimate of drug-likeness (QED) is 0.189. The Morgan fingerprint density at radius 1 is 0.367 bits per heavy atom. The summed E-state index contributed by atoms with van der Waals surface area (Å²) in [5, 5.41) is 4.92. The van der Waals surface area contributed by atoms with Gasteiger partial charge >= 0.3 is 0 Å². The van der Waals surface area contributed by atoms with Crippen LogP contribution in [0.5, 0.6) is 0 Å². The van der Waals surface area contributed by atoms with Crippen LogP contribution in [0.25, 0.3) is 32.7 Å². The smallest absolute Gasteiger partial charge is 0.0719 e. The van der Waals surface area contributed by atoms with Crippen molar-refractivity contribution in [1.82, 2.24) is 0 Å². The van der Waals surface area contributed by atoms with Crippen molar-refractivity contribution >= 4 is 38.6 Å². The Morgan fingerprint density at radius 3 is 1.41 bits per heavy atom. The lowest BCUT2D eigenvalue weighted by Gasteiger charge is -2.46. The van der Waals surface area contributed by atoms with Crippen LogP contribution in [0.3, 0.4) is 0 Å². The van der Waals surface area contributed by atoms with E-state index in [2.05, 4.69) is 195 Å². The van der Waals surface area contributed by atoms with E-state index in [9.17, 15) is 0 Å². The van der Waals surface area contributed by atoms with Gasteiger partial charge < -0.3 is 4.90 Å². The van der Waals surface area contributed by atoms with Gasteiger partial charge in [0.05, 0.1) is 16.8 Å². The second kappa shape index (κ2) is 10.3. The Kier molecular flexibility index (Phi) is 5.91. The zero-order valence-corrected chi connectivity index (χ0v) is 27.7. The van der Waals surface area contributed by atoms with Crippen LogP contribution >= 0.6 is 0 Å². The van der Waals surface area contributed by atoms with Gasteiger partial charge in [-0.05, 0) is 79.5 Å². The molecule has 0 radical (unpaired) electrons. The summed E-state index contributed by atoms with van der Waals surface area (Å²) in [5.74, 6) is 0. The average molecular weight is 626 g/mol. The summed E-state index contributed by atoms with van der Waals surface area (Å²) in [6, 6.07) is 65.5. The zero-order chi connectivity index (χ0) is 32.7. The normalized spacial score (nSPS) is 14.7. The van der Waals surface area contributed by atoms with Crippen molar-refractivity contribution in [3.05, 3.63) is 209 Å². The highest BCUT2D eigenvalue weighted by Gasteiger charge is 2.53. The van der Waals surface area contributed by atoms with E-state index in [-0.39, 0.29) is 5.41 Å². The Bertz CT molecular complexity index is 2470. The molecule has 1 nitrogen and oxygen atoms in total. The van der Waals surface area contributed by atoms with E-state index in [0.717, 1.165) is 5.69 Å². The number of hydrogen-bond acceptors (Lipinski definition) is 1. The van der Waals surface area contributed by atoms with Crippen LogP contribution in [0.2, 0.25) is 0 Å². The van der Waals surface area contributed by atoms with Crippen LogP contribution < -0.4 is 4.90 Å². The first-order valence-corrected chi connectivity index (χ1v) is 17.3. The molecule has 2 aliphatic carbocycles. The molecule has 0 unspecified atom stereocenters. The first kappa shape index (κ1) is 28.1. The highest BCUT2D eigenvalue weighted by atomic mass is 15.1. The fourth-order valence-corrected chi connectivity index (χ4v) is 9.21.